The third kappa shape index (κ3) is 5.50. The zero-order chi connectivity index (χ0) is 20.2. The van der Waals surface area contributed by atoms with Crippen LogP contribution in [0.1, 0.15) is 65.2 Å². The molecule has 29 heavy (non-hydrogen) atoms. The number of anilines is 3. The molecule has 1 aromatic rings. The Hall–Kier alpha value is -1.63. The van der Waals surface area contributed by atoms with E-state index in [1.54, 1.807) is 0 Å². The second-order valence-corrected chi connectivity index (χ2v) is 9.78. The summed E-state index contributed by atoms with van der Waals surface area (Å²) < 4.78 is 0. The van der Waals surface area contributed by atoms with Gasteiger partial charge in [0.2, 0.25) is 5.95 Å². The van der Waals surface area contributed by atoms with Crippen LogP contribution in [0.5, 0.6) is 0 Å². The zero-order valence-electron chi connectivity index (χ0n) is 18.0. The Morgan fingerprint density at radius 3 is 1.97 bits per heavy atom. The Morgan fingerprint density at radius 2 is 1.45 bits per heavy atom. The predicted octanol–water partition coefficient (Wildman–Crippen LogP) is 4.18. The summed E-state index contributed by atoms with van der Waals surface area (Å²) in [4.78, 5) is 14.6. The van der Waals surface area contributed by atoms with Crippen LogP contribution in [0.2, 0.25) is 0 Å². The Morgan fingerprint density at radius 1 is 0.897 bits per heavy atom. The fourth-order valence-electron chi connectivity index (χ4n) is 4.99. The highest BCUT2D eigenvalue weighted by Gasteiger charge is 2.23. The van der Waals surface area contributed by atoms with E-state index in [1.165, 1.54) is 51.4 Å². The number of thiocarbonyl (C=S) groups is 1. The molecule has 1 saturated carbocycles. The Bertz CT molecular complexity index is 664. The monoisotopic (exact) mass is 416 g/mol. The van der Waals surface area contributed by atoms with Crippen LogP contribution in [-0.2, 0) is 0 Å². The second-order valence-electron chi connectivity index (χ2n) is 9.37. The van der Waals surface area contributed by atoms with Crippen molar-refractivity contribution in [1.29, 1.82) is 0 Å². The summed E-state index contributed by atoms with van der Waals surface area (Å²) in [6.07, 6.45) is 10.0. The van der Waals surface area contributed by atoms with Crippen LogP contribution in [0.15, 0.2) is 6.07 Å². The average molecular weight is 417 g/mol. The number of hydrogen-bond donors (Lipinski definition) is 2. The Balaban J connectivity index is 1.54. The van der Waals surface area contributed by atoms with E-state index in [1.807, 2.05) is 0 Å². The maximum absolute atomic E-state index is 5.58. The van der Waals surface area contributed by atoms with Crippen molar-refractivity contribution in [3.8, 4) is 0 Å². The highest BCUT2D eigenvalue weighted by molar-refractivity contribution is 7.80. The van der Waals surface area contributed by atoms with Crippen molar-refractivity contribution in [2.24, 2.45) is 11.8 Å². The van der Waals surface area contributed by atoms with Gasteiger partial charge in [-0.1, -0.05) is 26.7 Å². The molecule has 0 aromatic carbocycles. The maximum atomic E-state index is 5.58. The quantitative estimate of drug-likeness (QED) is 0.714. The summed E-state index contributed by atoms with van der Waals surface area (Å²) in [5.74, 6) is 4.11. The van der Waals surface area contributed by atoms with Crippen molar-refractivity contribution in [1.82, 2.24) is 15.3 Å². The summed E-state index contributed by atoms with van der Waals surface area (Å²) in [5, 5.41) is 7.40. The van der Waals surface area contributed by atoms with Gasteiger partial charge in [-0.3, -0.25) is 0 Å². The third-order valence-corrected chi connectivity index (χ3v) is 6.80. The van der Waals surface area contributed by atoms with Gasteiger partial charge in [-0.05, 0) is 62.6 Å². The lowest BCUT2D eigenvalue weighted by Gasteiger charge is -2.35. The van der Waals surface area contributed by atoms with Crippen LogP contribution in [-0.4, -0.2) is 47.3 Å². The molecule has 160 valence electrons. The van der Waals surface area contributed by atoms with E-state index in [0.29, 0.717) is 28.9 Å². The first-order valence-corrected chi connectivity index (χ1v) is 11.9. The van der Waals surface area contributed by atoms with E-state index in [2.05, 4.69) is 40.3 Å². The summed E-state index contributed by atoms with van der Waals surface area (Å²) >= 11 is 5.58. The number of hydrogen-bond acceptors (Lipinski definition) is 5. The summed E-state index contributed by atoms with van der Waals surface area (Å²) in [6.45, 7) is 8.94. The minimum Gasteiger partial charge on any atom is -0.360 e. The van der Waals surface area contributed by atoms with Crippen LogP contribution < -0.4 is 20.4 Å². The molecular formula is C22H36N6S. The predicted molar refractivity (Wildman–Crippen MR) is 125 cm³/mol. The second kappa shape index (κ2) is 9.45. The molecule has 2 saturated heterocycles. The highest BCUT2D eigenvalue weighted by atomic mass is 32.1. The van der Waals surface area contributed by atoms with Gasteiger partial charge in [-0.2, -0.15) is 9.97 Å². The molecule has 4 rings (SSSR count). The molecule has 3 aliphatic rings. The molecule has 2 aliphatic heterocycles. The Kier molecular flexibility index (Phi) is 6.73. The molecule has 2 atom stereocenters. The third-order valence-electron chi connectivity index (χ3n) is 6.58. The first-order valence-electron chi connectivity index (χ1n) is 11.5. The van der Waals surface area contributed by atoms with Gasteiger partial charge in [-0.25, -0.2) is 0 Å². The van der Waals surface area contributed by atoms with Crippen LogP contribution in [0.25, 0.3) is 0 Å². The average Bonchev–Trinajstić information content (AvgIpc) is 3.20. The molecule has 2 N–H and O–H groups in total. The lowest BCUT2D eigenvalue weighted by Crippen LogP contribution is -2.38. The minimum absolute atomic E-state index is 0.489. The molecule has 3 heterocycles. The van der Waals surface area contributed by atoms with Gasteiger partial charge < -0.3 is 20.4 Å². The SMILES string of the molecule is CC1CCCN(c2cc(N3CCCC(C)C3)nc(NC(=S)NC3CCCC3)n2)C1. The number of aromatic nitrogens is 2. The molecule has 6 nitrogen and oxygen atoms in total. The Labute approximate surface area is 180 Å². The van der Waals surface area contributed by atoms with Gasteiger partial charge >= 0.3 is 0 Å². The summed E-state index contributed by atoms with van der Waals surface area (Å²) in [7, 11) is 0. The van der Waals surface area contributed by atoms with Gasteiger partial charge in [0.05, 0.1) is 0 Å². The topological polar surface area (TPSA) is 56.3 Å². The molecular weight excluding hydrogens is 380 g/mol. The van der Waals surface area contributed by atoms with Gasteiger partial charge in [-0.15, -0.1) is 0 Å². The van der Waals surface area contributed by atoms with Crippen molar-refractivity contribution >= 4 is 34.9 Å². The zero-order valence-corrected chi connectivity index (χ0v) is 18.8. The molecule has 1 aromatic heterocycles. The summed E-state index contributed by atoms with van der Waals surface area (Å²) in [6, 6.07) is 2.68. The molecule has 0 spiro atoms. The first-order chi connectivity index (χ1) is 14.1. The minimum atomic E-state index is 0.489. The first kappa shape index (κ1) is 20.6. The molecule has 0 radical (unpaired) electrons. The maximum Gasteiger partial charge on any atom is 0.232 e. The fourth-order valence-corrected chi connectivity index (χ4v) is 5.25. The molecule has 2 unspecified atom stereocenters. The van der Waals surface area contributed by atoms with E-state index in [4.69, 9.17) is 22.2 Å². The lowest BCUT2D eigenvalue weighted by molar-refractivity contribution is 0.441. The number of piperidine rings is 2. The van der Waals surface area contributed by atoms with Crippen LogP contribution >= 0.6 is 12.2 Å². The van der Waals surface area contributed by atoms with E-state index < -0.39 is 0 Å². The molecule has 3 fully saturated rings. The van der Waals surface area contributed by atoms with Crippen molar-refractivity contribution in [3.63, 3.8) is 0 Å². The highest BCUT2D eigenvalue weighted by Crippen LogP contribution is 2.28. The molecule has 0 bridgehead atoms. The van der Waals surface area contributed by atoms with Crippen molar-refractivity contribution < 1.29 is 0 Å². The summed E-state index contributed by atoms with van der Waals surface area (Å²) in [5.41, 5.74) is 0. The van der Waals surface area contributed by atoms with E-state index >= 15 is 0 Å². The fraction of sp³-hybridized carbons (Fsp3) is 0.773. The van der Waals surface area contributed by atoms with Gasteiger partial charge in [0.1, 0.15) is 11.6 Å². The van der Waals surface area contributed by atoms with E-state index in [0.717, 1.165) is 37.8 Å². The van der Waals surface area contributed by atoms with Crippen LogP contribution in [0.4, 0.5) is 17.6 Å². The van der Waals surface area contributed by atoms with Gasteiger partial charge in [0.25, 0.3) is 0 Å². The van der Waals surface area contributed by atoms with Crippen molar-refractivity contribution in [3.05, 3.63) is 6.07 Å². The van der Waals surface area contributed by atoms with E-state index in [9.17, 15) is 0 Å². The van der Waals surface area contributed by atoms with Gasteiger partial charge in [0.15, 0.2) is 5.11 Å². The smallest absolute Gasteiger partial charge is 0.232 e. The van der Waals surface area contributed by atoms with Crippen LogP contribution in [0.3, 0.4) is 0 Å². The van der Waals surface area contributed by atoms with Crippen molar-refractivity contribution in [2.75, 3.05) is 41.3 Å². The molecule has 1 aliphatic carbocycles. The molecule has 7 heteroatoms. The number of nitrogens with zero attached hydrogens (tertiary/aromatic N) is 4. The normalized spacial score (nSPS) is 25.9. The van der Waals surface area contributed by atoms with Gasteiger partial charge in [0, 0.05) is 38.3 Å². The molecule has 0 amide bonds. The lowest BCUT2D eigenvalue weighted by atomic mass is 10.00. The van der Waals surface area contributed by atoms with E-state index in [-0.39, 0.29) is 0 Å². The number of rotatable bonds is 4. The van der Waals surface area contributed by atoms with Crippen molar-refractivity contribution in [2.45, 2.75) is 71.3 Å². The number of nitrogens with one attached hydrogen (secondary N) is 2. The largest absolute Gasteiger partial charge is 0.360 e. The standard InChI is InChI=1S/C22H36N6S/c1-16-7-5-11-27(14-16)19-13-20(28-12-6-8-17(2)15-28)25-21(24-19)26-22(29)23-18-9-3-4-10-18/h13,16-18H,3-12,14-15H2,1-2H3,(H2,23,24,25,26,29). The van der Waals surface area contributed by atoms with Crippen LogP contribution in [0, 0.1) is 11.8 Å².